The standard InChI is InChI=1S/C14H16ClN5O/c1-16-5-7-20-6-4-11-12(18-14(15)19-13(11)20)17-9-10-3-2-8-21-10/h2-4,6,8,16H,5,7,9H2,1H3,(H,17,18,19). The van der Waals surface area contributed by atoms with E-state index in [1.165, 1.54) is 0 Å². The number of rotatable bonds is 6. The van der Waals surface area contributed by atoms with E-state index < -0.39 is 0 Å². The molecule has 0 aromatic carbocycles. The number of aromatic nitrogens is 3. The highest BCUT2D eigenvalue weighted by Gasteiger charge is 2.11. The lowest BCUT2D eigenvalue weighted by Crippen LogP contribution is -2.14. The van der Waals surface area contributed by atoms with E-state index in [-0.39, 0.29) is 5.28 Å². The van der Waals surface area contributed by atoms with Crippen LogP contribution in [0.25, 0.3) is 11.0 Å². The third-order valence-electron chi connectivity index (χ3n) is 3.20. The predicted octanol–water partition coefficient (Wildman–Crippen LogP) is 2.51. The number of fused-ring (bicyclic) bond motifs is 1. The van der Waals surface area contributed by atoms with Crippen molar-refractivity contribution in [3.05, 3.63) is 41.7 Å². The molecule has 0 bridgehead atoms. The Hall–Kier alpha value is -2.05. The topological polar surface area (TPSA) is 67.9 Å². The lowest BCUT2D eigenvalue weighted by molar-refractivity contribution is 0.518. The Morgan fingerprint density at radius 2 is 2.24 bits per heavy atom. The molecule has 0 fully saturated rings. The molecule has 6 nitrogen and oxygen atoms in total. The van der Waals surface area contributed by atoms with Crippen molar-refractivity contribution in [2.24, 2.45) is 0 Å². The SMILES string of the molecule is CNCCn1ccc2c(NCc3ccco3)nc(Cl)nc21. The Labute approximate surface area is 127 Å². The fourth-order valence-electron chi connectivity index (χ4n) is 2.17. The molecule has 2 N–H and O–H groups in total. The van der Waals surface area contributed by atoms with E-state index in [9.17, 15) is 0 Å². The molecule has 7 heteroatoms. The van der Waals surface area contributed by atoms with Gasteiger partial charge in [-0.3, -0.25) is 0 Å². The van der Waals surface area contributed by atoms with Crippen LogP contribution in [0.2, 0.25) is 5.28 Å². The van der Waals surface area contributed by atoms with Gasteiger partial charge in [-0.1, -0.05) is 0 Å². The molecule has 3 aromatic rings. The molecule has 3 heterocycles. The first-order valence-corrected chi connectivity index (χ1v) is 7.09. The van der Waals surface area contributed by atoms with E-state index in [0.717, 1.165) is 29.9 Å². The molecule has 0 saturated carbocycles. The number of hydrogen-bond donors (Lipinski definition) is 2. The molecular weight excluding hydrogens is 290 g/mol. The van der Waals surface area contributed by atoms with Crippen molar-refractivity contribution < 1.29 is 4.42 Å². The van der Waals surface area contributed by atoms with Crippen LogP contribution in [-0.4, -0.2) is 28.1 Å². The third kappa shape index (κ3) is 3.01. The Morgan fingerprint density at radius 1 is 1.33 bits per heavy atom. The molecule has 0 radical (unpaired) electrons. The smallest absolute Gasteiger partial charge is 0.226 e. The van der Waals surface area contributed by atoms with Gasteiger partial charge in [0.1, 0.15) is 17.2 Å². The number of nitrogens with zero attached hydrogens (tertiary/aromatic N) is 3. The van der Waals surface area contributed by atoms with Gasteiger partial charge >= 0.3 is 0 Å². The molecular formula is C14H16ClN5O. The molecule has 3 rings (SSSR count). The summed E-state index contributed by atoms with van der Waals surface area (Å²) in [5, 5.41) is 7.54. The van der Waals surface area contributed by atoms with Crippen molar-refractivity contribution in [1.29, 1.82) is 0 Å². The Bertz CT molecular complexity index is 722. The van der Waals surface area contributed by atoms with Crippen molar-refractivity contribution >= 4 is 28.5 Å². The average Bonchev–Trinajstić information content (AvgIpc) is 3.12. The summed E-state index contributed by atoms with van der Waals surface area (Å²) < 4.78 is 7.36. The number of anilines is 1. The second-order valence-corrected chi connectivity index (χ2v) is 4.96. The zero-order chi connectivity index (χ0) is 14.7. The molecule has 0 unspecified atom stereocenters. The first-order chi connectivity index (χ1) is 10.3. The van der Waals surface area contributed by atoms with Gasteiger partial charge < -0.3 is 19.6 Å². The third-order valence-corrected chi connectivity index (χ3v) is 3.37. The van der Waals surface area contributed by atoms with Gasteiger partial charge in [0.05, 0.1) is 18.2 Å². The van der Waals surface area contributed by atoms with Gasteiger partial charge in [-0.2, -0.15) is 4.98 Å². The van der Waals surface area contributed by atoms with Crippen LogP contribution in [0.5, 0.6) is 0 Å². The van der Waals surface area contributed by atoms with E-state index >= 15 is 0 Å². The van der Waals surface area contributed by atoms with E-state index in [0.29, 0.717) is 12.4 Å². The van der Waals surface area contributed by atoms with Gasteiger partial charge in [-0.15, -0.1) is 0 Å². The second-order valence-electron chi connectivity index (χ2n) is 4.62. The normalized spacial score (nSPS) is 11.1. The molecule has 110 valence electrons. The zero-order valence-corrected chi connectivity index (χ0v) is 12.4. The summed E-state index contributed by atoms with van der Waals surface area (Å²) >= 11 is 6.03. The van der Waals surface area contributed by atoms with Crippen molar-refractivity contribution in [3.63, 3.8) is 0 Å². The molecule has 0 aliphatic rings. The summed E-state index contributed by atoms with van der Waals surface area (Å²) in [6.45, 7) is 2.24. The molecule has 21 heavy (non-hydrogen) atoms. The second kappa shape index (κ2) is 6.15. The van der Waals surface area contributed by atoms with Gasteiger partial charge in [-0.05, 0) is 36.8 Å². The minimum atomic E-state index is 0.230. The minimum Gasteiger partial charge on any atom is -0.467 e. The lowest BCUT2D eigenvalue weighted by atomic mass is 10.3. The van der Waals surface area contributed by atoms with Gasteiger partial charge in [0.25, 0.3) is 0 Å². The van der Waals surface area contributed by atoms with Crippen molar-refractivity contribution in [2.75, 3.05) is 18.9 Å². The summed E-state index contributed by atoms with van der Waals surface area (Å²) in [4.78, 5) is 8.59. The minimum absolute atomic E-state index is 0.230. The van der Waals surface area contributed by atoms with Crippen LogP contribution in [0.3, 0.4) is 0 Å². The highest BCUT2D eigenvalue weighted by molar-refractivity contribution is 6.28. The fourth-order valence-corrected chi connectivity index (χ4v) is 2.33. The molecule has 0 amide bonds. The van der Waals surface area contributed by atoms with Crippen LogP contribution in [-0.2, 0) is 13.1 Å². The van der Waals surface area contributed by atoms with Crippen LogP contribution in [0, 0.1) is 0 Å². The predicted molar refractivity (Wildman–Crippen MR) is 82.5 cm³/mol. The molecule has 0 atom stereocenters. The number of furan rings is 1. The van der Waals surface area contributed by atoms with Crippen molar-refractivity contribution in [3.8, 4) is 0 Å². The largest absolute Gasteiger partial charge is 0.467 e. The Morgan fingerprint density at radius 3 is 3.00 bits per heavy atom. The van der Waals surface area contributed by atoms with Crippen molar-refractivity contribution in [2.45, 2.75) is 13.1 Å². The summed E-state index contributed by atoms with van der Waals surface area (Å²) in [7, 11) is 1.92. The van der Waals surface area contributed by atoms with Crippen molar-refractivity contribution in [1.82, 2.24) is 19.9 Å². The zero-order valence-electron chi connectivity index (χ0n) is 11.6. The Balaban J connectivity index is 1.89. The summed E-state index contributed by atoms with van der Waals surface area (Å²) in [6, 6.07) is 5.75. The fraction of sp³-hybridized carbons (Fsp3) is 0.286. The lowest BCUT2D eigenvalue weighted by Gasteiger charge is -2.08. The number of likely N-dealkylation sites (N-methyl/N-ethyl adjacent to an activating group) is 1. The maximum atomic E-state index is 6.03. The highest BCUT2D eigenvalue weighted by Crippen LogP contribution is 2.23. The first kappa shape index (κ1) is 13.9. The van der Waals surface area contributed by atoms with Crippen LogP contribution >= 0.6 is 11.6 Å². The number of halogens is 1. The molecule has 0 spiro atoms. The maximum absolute atomic E-state index is 6.03. The summed E-state index contributed by atoms with van der Waals surface area (Å²) in [5.41, 5.74) is 0.826. The number of nitrogens with one attached hydrogen (secondary N) is 2. The first-order valence-electron chi connectivity index (χ1n) is 6.71. The highest BCUT2D eigenvalue weighted by atomic mass is 35.5. The van der Waals surface area contributed by atoms with Crippen LogP contribution in [0.4, 0.5) is 5.82 Å². The Kier molecular flexibility index (Phi) is 4.08. The molecule has 0 saturated heterocycles. The number of hydrogen-bond acceptors (Lipinski definition) is 5. The molecule has 0 aliphatic carbocycles. The van der Waals surface area contributed by atoms with Crippen LogP contribution in [0.15, 0.2) is 35.1 Å². The maximum Gasteiger partial charge on any atom is 0.226 e. The monoisotopic (exact) mass is 305 g/mol. The average molecular weight is 306 g/mol. The quantitative estimate of drug-likeness (QED) is 0.685. The summed E-state index contributed by atoms with van der Waals surface area (Å²) in [5.74, 6) is 1.55. The molecule has 0 aliphatic heterocycles. The van der Waals surface area contributed by atoms with Gasteiger partial charge in [0.15, 0.2) is 0 Å². The molecule has 3 aromatic heterocycles. The van der Waals surface area contributed by atoms with Crippen LogP contribution < -0.4 is 10.6 Å². The van der Waals surface area contributed by atoms with Gasteiger partial charge in [-0.25, -0.2) is 4.98 Å². The van der Waals surface area contributed by atoms with E-state index in [4.69, 9.17) is 16.0 Å². The van der Waals surface area contributed by atoms with E-state index in [2.05, 4.69) is 25.2 Å². The van der Waals surface area contributed by atoms with E-state index in [1.54, 1.807) is 6.26 Å². The van der Waals surface area contributed by atoms with Crippen LogP contribution in [0.1, 0.15) is 5.76 Å². The van der Waals surface area contributed by atoms with E-state index in [1.807, 2.05) is 31.4 Å². The summed E-state index contributed by atoms with van der Waals surface area (Å²) in [6.07, 6.45) is 3.64. The van der Waals surface area contributed by atoms with Gasteiger partial charge in [0.2, 0.25) is 5.28 Å². The van der Waals surface area contributed by atoms with Gasteiger partial charge in [0, 0.05) is 19.3 Å².